The summed E-state index contributed by atoms with van der Waals surface area (Å²) in [6.45, 7) is 3.76. The minimum Gasteiger partial charge on any atom is -0.328 e. The van der Waals surface area contributed by atoms with Crippen molar-refractivity contribution in [1.29, 1.82) is 0 Å². The molecule has 6 heteroatoms. The van der Waals surface area contributed by atoms with E-state index in [2.05, 4.69) is 11.7 Å². The quantitative estimate of drug-likeness (QED) is 0.806. The summed E-state index contributed by atoms with van der Waals surface area (Å²) in [7, 11) is 1.89. The van der Waals surface area contributed by atoms with Crippen molar-refractivity contribution in [2.45, 2.75) is 31.8 Å². The third kappa shape index (κ3) is 2.96. The van der Waals surface area contributed by atoms with Gasteiger partial charge in [-0.3, -0.25) is 9.48 Å². The fraction of sp³-hybridized carbons (Fsp3) is 0.333. The Kier molecular flexibility index (Phi) is 4.46. The molecule has 0 radical (unpaired) electrons. The van der Waals surface area contributed by atoms with E-state index in [9.17, 15) is 13.6 Å². The highest BCUT2D eigenvalue weighted by atomic mass is 19.2. The SMILES string of the molecule is C=CC(=O)N(Cc1ccc(F)c(F)c1)C1CCCc2c1cnn2C. The van der Waals surface area contributed by atoms with Gasteiger partial charge in [0.25, 0.3) is 0 Å². The second kappa shape index (κ2) is 6.55. The second-order valence-electron chi connectivity index (χ2n) is 6.00. The maximum absolute atomic E-state index is 13.5. The summed E-state index contributed by atoms with van der Waals surface area (Å²) in [5.74, 6) is -2.04. The maximum Gasteiger partial charge on any atom is 0.246 e. The van der Waals surface area contributed by atoms with E-state index in [1.165, 1.54) is 12.1 Å². The van der Waals surface area contributed by atoms with Crippen LogP contribution in [0.15, 0.2) is 37.1 Å². The number of carbonyl (C=O) groups excluding carboxylic acids is 1. The van der Waals surface area contributed by atoms with Crippen LogP contribution in [0.4, 0.5) is 8.78 Å². The van der Waals surface area contributed by atoms with Crippen molar-refractivity contribution in [1.82, 2.24) is 14.7 Å². The molecule has 2 aromatic rings. The average Bonchev–Trinajstić information content (AvgIpc) is 2.97. The zero-order chi connectivity index (χ0) is 17.3. The first-order chi connectivity index (χ1) is 11.5. The molecule has 126 valence electrons. The normalized spacial score (nSPS) is 16.5. The lowest BCUT2D eigenvalue weighted by molar-refractivity contribution is -0.129. The Morgan fingerprint density at radius 2 is 2.25 bits per heavy atom. The third-order valence-electron chi connectivity index (χ3n) is 4.51. The Morgan fingerprint density at radius 3 is 2.96 bits per heavy atom. The first kappa shape index (κ1) is 16.4. The molecule has 1 amide bonds. The van der Waals surface area contributed by atoms with Crippen molar-refractivity contribution >= 4 is 5.91 Å². The summed E-state index contributed by atoms with van der Waals surface area (Å²) in [5, 5.41) is 4.29. The van der Waals surface area contributed by atoms with Gasteiger partial charge in [-0.25, -0.2) is 8.78 Å². The number of benzene rings is 1. The summed E-state index contributed by atoms with van der Waals surface area (Å²) in [5.41, 5.74) is 2.67. The first-order valence-corrected chi connectivity index (χ1v) is 7.89. The van der Waals surface area contributed by atoms with Gasteiger partial charge in [0.05, 0.1) is 12.2 Å². The number of amides is 1. The molecule has 1 unspecified atom stereocenters. The number of halogens is 2. The van der Waals surface area contributed by atoms with Gasteiger partial charge < -0.3 is 4.90 Å². The molecular formula is C18H19F2N3O. The lowest BCUT2D eigenvalue weighted by atomic mass is 9.91. The lowest BCUT2D eigenvalue weighted by Gasteiger charge is -2.34. The summed E-state index contributed by atoms with van der Waals surface area (Å²) in [4.78, 5) is 14.0. The number of rotatable bonds is 4. The molecule has 0 saturated heterocycles. The molecular weight excluding hydrogens is 312 g/mol. The molecule has 3 rings (SSSR count). The predicted molar refractivity (Wildman–Crippen MR) is 86.0 cm³/mol. The van der Waals surface area contributed by atoms with Crippen LogP contribution in [-0.4, -0.2) is 20.6 Å². The van der Waals surface area contributed by atoms with Crippen LogP contribution in [0.5, 0.6) is 0 Å². The molecule has 0 bridgehead atoms. The van der Waals surface area contributed by atoms with Crippen molar-refractivity contribution in [3.63, 3.8) is 0 Å². The molecule has 1 aliphatic rings. The van der Waals surface area contributed by atoms with Gasteiger partial charge in [0.15, 0.2) is 11.6 Å². The molecule has 1 aromatic heterocycles. The van der Waals surface area contributed by atoms with Gasteiger partial charge in [-0.15, -0.1) is 0 Å². The summed E-state index contributed by atoms with van der Waals surface area (Å²) in [6.07, 6.45) is 5.71. The van der Waals surface area contributed by atoms with Crippen LogP contribution in [-0.2, 0) is 24.8 Å². The Balaban J connectivity index is 1.94. The Labute approximate surface area is 139 Å². The van der Waals surface area contributed by atoms with E-state index in [4.69, 9.17) is 0 Å². The smallest absolute Gasteiger partial charge is 0.246 e. The predicted octanol–water partition coefficient (Wildman–Crippen LogP) is 3.29. The van der Waals surface area contributed by atoms with Crippen molar-refractivity contribution in [3.05, 3.63) is 65.5 Å². The number of carbonyl (C=O) groups is 1. The van der Waals surface area contributed by atoms with Crippen LogP contribution in [0.2, 0.25) is 0 Å². The summed E-state index contributed by atoms with van der Waals surface area (Å²) >= 11 is 0. The molecule has 0 saturated carbocycles. The standard InChI is InChI=1S/C18H19F2N3O/c1-3-18(24)23(11-12-7-8-14(19)15(20)9-12)17-6-4-5-16-13(17)10-21-22(16)2/h3,7-10,17H,1,4-6,11H2,2H3. The van der Waals surface area contributed by atoms with Gasteiger partial charge in [0.1, 0.15) is 0 Å². The number of aryl methyl sites for hydroxylation is 1. The van der Waals surface area contributed by atoms with Crippen LogP contribution in [0.3, 0.4) is 0 Å². The number of hydrogen-bond donors (Lipinski definition) is 0. The third-order valence-corrected chi connectivity index (χ3v) is 4.51. The van der Waals surface area contributed by atoms with Gasteiger partial charge >= 0.3 is 0 Å². The van der Waals surface area contributed by atoms with Crippen molar-refractivity contribution < 1.29 is 13.6 Å². The molecule has 0 aliphatic heterocycles. The van der Waals surface area contributed by atoms with Crippen LogP contribution in [0, 0.1) is 11.6 Å². The molecule has 1 heterocycles. The molecule has 0 N–H and O–H groups in total. The van der Waals surface area contributed by atoms with E-state index in [0.717, 1.165) is 42.7 Å². The Hall–Kier alpha value is -2.50. The van der Waals surface area contributed by atoms with E-state index in [1.54, 1.807) is 11.1 Å². The zero-order valence-corrected chi connectivity index (χ0v) is 13.5. The van der Waals surface area contributed by atoms with Crippen LogP contribution < -0.4 is 0 Å². The number of fused-ring (bicyclic) bond motifs is 1. The summed E-state index contributed by atoms with van der Waals surface area (Å²) < 4.78 is 28.4. The summed E-state index contributed by atoms with van der Waals surface area (Å²) in [6, 6.07) is 3.57. The number of nitrogens with zero attached hydrogens (tertiary/aromatic N) is 3. The molecule has 1 aromatic carbocycles. The van der Waals surface area contributed by atoms with Crippen molar-refractivity contribution in [3.8, 4) is 0 Å². The highest BCUT2D eigenvalue weighted by Gasteiger charge is 2.30. The number of aromatic nitrogens is 2. The topological polar surface area (TPSA) is 38.1 Å². The van der Waals surface area contributed by atoms with Gasteiger partial charge in [-0.2, -0.15) is 5.10 Å². The zero-order valence-electron chi connectivity index (χ0n) is 13.5. The average molecular weight is 331 g/mol. The van der Waals surface area contributed by atoms with Crippen LogP contribution in [0.25, 0.3) is 0 Å². The number of hydrogen-bond acceptors (Lipinski definition) is 2. The van der Waals surface area contributed by atoms with Crippen LogP contribution in [0.1, 0.15) is 35.7 Å². The fourth-order valence-electron chi connectivity index (χ4n) is 3.30. The molecule has 0 spiro atoms. The van der Waals surface area contributed by atoms with E-state index in [1.807, 2.05) is 11.7 Å². The minimum atomic E-state index is -0.913. The molecule has 4 nitrogen and oxygen atoms in total. The lowest BCUT2D eigenvalue weighted by Crippen LogP contribution is -2.35. The van der Waals surface area contributed by atoms with Gasteiger partial charge in [0.2, 0.25) is 5.91 Å². The van der Waals surface area contributed by atoms with Crippen LogP contribution >= 0.6 is 0 Å². The maximum atomic E-state index is 13.5. The van der Waals surface area contributed by atoms with Crippen molar-refractivity contribution in [2.24, 2.45) is 7.05 Å². The van der Waals surface area contributed by atoms with Gasteiger partial charge in [0, 0.05) is 24.8 Å². The highest BCUT2D eigenvalue weighted by molar-refractivity contribution is 5.87. The van der Waals surface area contributed by atoms with E-state index < -0.39 is 11.6 Å². The minimum absolute atomic E-state index is 0.138. The monoisotopic (exact) mass is 331 g/mol. The van der Waals surface area contributed by atoms with Crippen molar-refractivity contribution in [2.75, 3.05) is 0 Å². The van der Waals surface area contributed by atoms with E-state index in [-0.39, 0.29) is 18.5 Å². The molecule has 1 atom stereocenters. The van der Waals surface area contributed by atoms with E-state index >= 15 is 0 Å². The second-order valence-corrected chi connectivity index (χ2v) is 6.00. The van der Waals surface area contributed by atoms with E-state index in [0.29, 0.717) is 5.56 Å². The largest absolute Gasteiger partial charge is 0.328 e. The highest BCUT2D eigenvalue weighted by Crippen LogP contribution is 2.35. The van der Waals surface area contributed by atoms with Gasteiger partial charge in [-0.1, -0.05) is 12.6 Å². The fourth-order valence-corrected chi connectivity index (χ4v) is 3.30. The van der Waals surface area contributed by atoms with Gasteiger partial charge in [-0.05, 0) is 43.0 Å². The molecule has 24 heavy (non-hydrogen) atoms. The molecule has 1 aliphatic carbocycles. The Morgan fingerprint density at radius 1 is 1.46 bits per heavy atom. The first-order valence-electron chi connectivity index (χ1n) is 7.89. The molecule has 0 fully saturated rings. The Bertz CT molecular complexity index is 785.